The van der Waals surface area contributed by atoms with Crippen LogP contribution in [-0.2, 0) is 9.59 Å². The van der Waals surface area contributed by atoms with Gasteiger partial charge in [-0.2, -0.15) is 0 Å². The van der Waals surface area contributed by atoms with Crippen LogP contribution in [0.2, 0.25) is 5.02 Å². The number of carbonyl (C=O) groups is 2. The molecule has 0 aromatic heterocycles. The fourth-order valence-corrected chi connectivity index (χ4v) is 2.74. The number of anilines is 2. The van der Waals surface area contributed by atoms with Gasteiger partial charge in [-0.25, -0.2) is 4.79 Å². The maximum absolute atomic E-state index is 12.3. The third-order valence-corrected chi connectivity index (χ3v) is 3.76. The van der Waals surface area contributed by atoms with E-state index in [4.69, 9.17) is 11.6 Å². The number of rotatable bonds is 3. The summed E-state index contributed by atoms with van der Waals surface area (Å²) >= 11 is 5.96. The van der Waals surface area contributed by atoms with Crippen molar-refractivity contribution in [3.63, 3.8) is 0 Å². The average Bonchev–Trinajstić information content (AvgIpc) is 2.50. The molecule has 5 nitrogen and oxygen atoms in total. The van der Waals surface area contributed by atoms with Crippen LogP contribution < -0.4 is 10.2 Å². The number of halogens is 1. The van der Waals surface area contributed by atoms with E-state index in [2.05, 4.69) is 5.32 Å². The maximum atomic E-state index is 12.3. The number of amides is 1. The molecule has 1 amide bonds. The predicted molar refractivity (Wildman–Crippen MR) is 84.2 cm³/mol. The molecule has 1 aliphatic rings. The lowest BCUT2D eigenvalue weighted by Gasteiger charge is -2.34. The fourth-order valence-electron chi connectivity index (χ4n) is 2.57. The topological polar surface area (TPSA) is 69.6 Å². The minimum atomic E-state index is -1.08. The summed E-state index contributed by atoms with van der Waals surface area (Å²) in [6.07, 6.45) is 0. The summed E-state index contributed by atoms with van der Waals surface area (Å²) in [5.41, 5.74) is 1.71. The van der Waals surface area contributed by atoms with Crippen molar-refractivity contribution in [2.75, 3.05) is 16.8 Å². The molecule has 6 heteroatoms. The number of benzene rings is 2. The highest BCUT2D eigenvalue weighted by Gasteiger charge is 2.35. The smallest absolute Gasteiger partial charge is 0.331 e. The Morgan fingerprint density at radius 1 is 1.23 bits per heavy atom. The summed E-state index contributed by atoms with van der Waals surface area (Å²) in [4.78, 5) is 25.4. The standard InChI is InChI=1S/C16H13ClN2O3/c17-11-6-7-13-12(8-11)18-9-14(20)19(13)15(16(21)22)10-4-2-1-3-5-10/h1-8,15,18H,9H2,(H,21,22). The monoisotopic (exact) mass is 316 g/mol. The first-order chi connectivity index (χ1) is 10.6. The van der Waals surface area contributed by atoms with E-state index in [0.717, 1.165) is 0 Å². The van der Waals surface area contributed by atoms with Gasteiger partial charge in [-0.05, 0) is 23.8 Å². The second kappa shape index (κ2) is 5.69. The van der Waals surface area contributed by atoms with Crippen molar-refractivity contribution >= 4 is 34.9 Å². The van der Waals surface area contributed by atoms with E-state index in [1.165, 1.54) is 4.90 Å². The van der Waals surface area contributed by atoms with Crippen LogP contribution in [0.4, 0.5) is 11.4 Å². The van der Waals surface area contributed by atoms with Gasteiger partial charge in [0, 0.05) is 5.02 Å². The first-order valence-corrected chi connectivity index (χ1v) is 7.09. The van der Waals surface area contributed by atoms with E-state index in [-0.39, 0.29) is 12.5 Å². The molecular formula is C16H13ClN2O3. The third-order valence-electron chi connectivity index (χ3n) is 3.52. The lowest BCUT2D eigenvalue weighted by Crippen LogP contribution is -2.45. The van der Waals surface area contributed by atoms with Gasteiger partial charge in [-0.15, -0.1) is 0 Å². The molecule has 22 heavy (non-hydrogen) atoms. The van der Waals surface area contributed by atoms with Gasteiger partial charge >= 0.3 is 5.97 Å². The lowest BCUT2D eigenvalue weighted by atomic mass is 10.0. The Morgan fingerprint density at radius 2 is 1.95 bits per heavy atom. The molecule has 1 atom stereocenters. The number of carboxylic acid groups (broad SMARTS) is 1. The second-order valence-electron chi connectivity index (χ2n) is 4.93. The van der Waals surface area contributed by atoms with Gasteiger partial charge in [0.15, 0.2) is 6.04 Å². The molecule has 2 aromatic carbocycles. The largest absolute Gasteiger partial charge is 0.479 e. The molecule has 2 N–H and O–H groups in total. The number of nitrogens with one attached hydrogen (secondary N) is 1. The molecule has 0 bridgehead atoms. The minimum absolute atomic E-state index is 0.0317. The summed E-state index contributed by atoms with van der Waals surface area (Å²) in [5.74, 6) is -1.38. The van der Waals surface area contributed by atoms with Crippen LogP contribution >= 0.6 is 11.6 Å². The summed E-state index contributed by atoms with van der Waals surface area (Å²) in [6.45, 7) is 0.0317. The number of carboxylic acids is 1. The van der Waals surface area contributed by atoms with Crippen molar-refractivity contribution in [1.29, 1.82) is 0 Å². The molecule has 1 heterocycles. The average molecular weight is 317 g/mol. The van der Waals surface area contributed by atoms with Crippen LogP contribution in [0.15, 0.2) is 48.5 Å². The third kappa shape index (κ3) is 2.51. The molecule has 0 spiro atoms. The number of nitrogens with zero attached hydrogens (tertiary/aromatic N) is 1. The molecule has 2 aromatic rings. The molecule has 0 radical (unpaired) electrons. The Morgan fingerprint density at radius 3 is 2.64 bits per heavy atom. The maximum Gasteiger partial charge on any atom is 0.331 e. The Hall–Kier alpha value is -2.53. The Balaban J connectivity index is 2.12. The molecule has 0 saturated heterocycles. The van der Waals surface area contributed by atoms with Crippen molar-refractivity contribution < 1.29 is 14.7 Å². The van der Waals surface area contributed by atoms with E-state index < -0.39 is 12.0 Å². The highest BCUT2D eigenvalue weighted by molar-refractivity contribution is 6.31. The molecule has 1 aliphatic heterocycles. The number of hydrogen-bond acceptors (Lipinski definition) is 3. The zero-order valence-corrected chi connectivity index (χ0v) is 12.2. The van der Waals surface area contributed by atoms with Crippen molar-refractivity contribution in [3.05, 3.63) is 59.1 Å². The first kappa shape index (κ1) is 14.4. The van der Waals surface area contributed by atoms with Crippen molar-refractivity contribution in [3.8, 4) is 0 Å². The number of aliphatic carboxylic acids is 1. The highest BCUT2D eigenvalue weighted by atomic mass is 35.5. The first-order valence-electron chi connectivity index (χ1n) is 6.71. The van der Waals surface area contributed by atoms with Gasteiger partial charge in [0.2, 0.25) is 5.91 Å². The Kier molecular flexibility index (Phi) is 3.73. The van der Waals surface area contributed by atoms with E-state index in [1.54, 1.807) is 48.5 Å². The normalized spacial score (nSPS) is 15.0. The van der Waals surface area contributed by atoms with Crippen LogP contribution in [0.25, 0.3) is 0 Å². The summed E-state index contributed by atoms with van der Waals surface area (Å²) in [6, 6.07) is 12.6. The summed E-state index contributed by atoms with van der Waals surface area (Å²) < 4.78 is 0. The Bertz CT molecular complexity index is 733. The summed E-state index contributed by atoms with van der Waals surface area (Å²) in [5, 5.41) is 13.1. The molecule has 0 saturated carbocycles. The molecular weight excluding hydrogens is 304 g/mol. The Labute approximate surface area is 132 Å². The van der Waals surface area contributed by atoms with E-state index in [1.807, 2.05) is 0 Å². The van der Waals surface area contributed by atoms with Crippen molar-refractivity contribution in [2.24, 2.45) is 0 Å². The van der Waals surface area contributed by atoms with Gasteiger partial charge in [0.05, 0.1) is 17.9 Å². The van der Waals surface area contributed by atoms with Gasteiger partial charge in [0.25, 0.3) is 0 Å². The van der Waals surface area contributed by atoms with E-state index in [9.17, 15) is 14.7 Å². The highest BCUT2D eigenvalue weighted by Crippen LogP contribution is 2.37. The fraction of sp³-hybridized carbons (Fsp3) is 0.125. The van der Waals surface area contributed by atoms with E-state index >= 15 is 0 Å². The molecule has 1 unspecified atom stereocenters. The van der Waals surface area contributed by atoms with Gasteiger partial charge in [-0.1, -0.05) is 41.9 Å². The van der Waals surface area contributed by atoms with Crippen molar-refractivity contribution in [1.82, 2.24) is 0 Å². The number of hydrogen-bond donors (Lipinski definition) is 2. The van der Waals surface area contributed by atoms with Gasteiger partial charge < -0.3 is 10.4 Å². The SMILES string of the molecule is O=C(O)C(c1ccccc1)N1C(=O)CNc2cc(Cl)ccc21. The molecule has 112 valence electrons. The minimum Gasteiger partial charge on any atom is -0.479 e. The molecule has 0 fully saturated rings. The number of carbonyl (C=O) groups excluding carboxylic acids is 1. The number of fused-ring (bicyclic) bond motifs is 1. The summed E-state index contributed by atoms with van der Waals surface area (Å²) in [7, 11) is 0. The van der Waals surface area contributed by atoms with Crippen LogP contribution in [0.3, 0.4) is 0 Å². The van der Waals surface area contributed by atoms with Crippen LogP contribution in [0.1, 0.15) is 11.6 Å². The molecule has 0 aliphatic carbocycles. The van der Waals surface area contributed by atoms with Crippen molar-refractivity contribution in [2.45, 2.75) is 6.04 Å². The zero-order valence-electron chi connectivity index (χ0n) is 11.5. The van der Waals surface area contributed by atoms with Gasteiger partial charge in [0.1, 0.15) is 0 Å². The lowest BCUT2D eigenvalue weighted by molar-refractivity contribution is -0.140. The second-order valence-corrected chi connectivity index (χ2v) is 5.37. The predicted octanol–water partition coefficient (Wildman–Crippen LogP) is 2.92. The molecule has 3 rings (SSSR count). The van der Waals surface area contributed by atoms with Crippen LogP contribution in [0, 0.1) is 0 Å². The van der Waals surface area contributed by atoms with E-state index in [0.29, 0.717) is 22.0 Å². The van der Waals surface area contributed by atoms with Crippen LogP contribution in [0.5, 0.6) is 0 Å². The quantitative estimate of drug-likeness (QED) is 0.913. The van der Waals surface area contributed by atoms with Gasteiger partial charge in [-0.3, -0.25) is 9.69 Å². The zero-order chi connectivity index (χ0) is 15.7. The van der Waals surface area contributed by atoms with Crippen LogP contribution in [-0.4, -0.2) is 23.5 Å².